The molecular formula is C28H32BrN7O4. The van der Waals surface area contributed by atoms with Crippen molar-refractivity contribution in [2.75, 3.05) is 50.1 Å². The normalized spacial score (nSPS) is 14.2. The Balaban J connectivity index is 1.16. The van der Waals surface area contributed by atoms with Crippen LogP contribution in [0.5, 0.6) is 5.75 Å². The van der Waals surface area contributed by atoms with Gasteiger partial charge in [0, 0.05) is 42.4 Å². The molecule has 1 aliphatic rings. The molecule has 4 aromatic rings. The third-order valence-electron chi connectivity index (χ3n) is 6.37. The van der Waals surface area contributed by atoms with Crippen LogP contribution in [0.2, 0.25) is 0 Å². The van der Waals surface area contributed by atoms with Crippen molar-refractivity contribution in [1.82, 2.24) is 25.1 Å². The maximum atomic E-state index is 12.4. The average Bonchev–Trinajstić information content (AvgIpc) is 3.61. The third-order valence-corrected chi connectivity index (χ3v) is 6.99. The summed E-state index contributed by atoms with van der Waals surface area (Å²) in [7, 11) is 0. The molecule has 2 aromatic heterocycles. The van der Waals surface area contributed by atoms with Gasteiger partial charge in [-0.15, -0.1) is 5.10 Å². The molecule has 0 spiro atoms. The molecule has 1 saturated heterocycles. The molecule has 1 aliphatic heterocycles. The fraction of sp³-hybridized carbons (Fsp3) is 0.357. The Morgan fingerprint density at radius 1 is 1.07 bits per heavy atom. The minimum absolute atomic E-state index is 0.196. The lowest BCUT2D eigenvalue weighted by Crippen LogP contribution is -2.38. The van der Waals surface area contributed by atoms with Crippen LogP contribution in [0.25, 0.3) is 16.9 Å². The SMILES string of the molecule is CC(C)(C)c1cc(NC(=O)Nc2ccc(-c3cn(-c4ccc(OCCN5CCOCC5)c(Br)c4)nn3)cc2)no1. The summed E-state index contributed by atoms with van der Waals surface area (Å²) in [5, 5.41) is 18.0. The number of rotatable bonds is 8. The van der Waals surface area contributed by atoms with Crippen molar-refractivity contribution in [1.29, 1.82) is 0 Å². The van der Waals surface area contributed by atoms with Crippen LogP contribution in [0.4, 0.5) is 16.3 Å². The molecule has 1 fully saturated rings. The number of amides is 2. The molecule has 2 amide bonds. The van der Waals surface area contributed by atoms with Gasteiger partial charge in [-0.1, -0.05) is 43.3 Å². The summed E-state index contributed by atoms with van der Waals surface area (Å²) < 4.78 is 19.2. The van der Waals surface area contributed by atoms with Crippen LogP contribution < -0.4 is 15.4 Å². The Bertz CT molecular complexity index is 1440. The van der Waals surface area contributed by atoms with Crippen LogP contribution in [-0.4, -0.2) is 70.5 Å². The van der Waals surface area contributed by atoms with Gasteiger partial charge in [-0.05, 0) is 46.3 Å². The van der Waals surface area contributed by atoms with Gasteiger partial charge >= 0.3 is 6.03 Å². The Kier molecular flexibility index (Phi) is 8.48. The molecule has 2 N–H and O–H groups in total. The second-order valence-corrected chi connectivity index (χ2v) is 11.3. The highest BCUT2D eigenvalue weighted by Crippen LogP contribution is 2.28. The van der Waals surface area contributed by atoms with Crippen LogP contribution >= 0.6 is 15.9 Å². The van der Waals surface area contributed by atoms with E-state index in [0.717, 1.165) is 54.3 Å². The van der Waals surface area contributed by atoms with Crippen molar-refractivity contribution in [3.63, 3.8) is 0 Å². The Morgan fingerprint density at radius 3 is 2.55 bits per heavy atom. The van der Waals surface area contributed by atoms with Crippen LogP contribution in [0.3, 0.4) is 0 Å². The molecule has 11 nitrogen and oxygen atoms in total. The number of carbonyl (C=O) groups excluding carboxylic acids is 1. The van der Waals surface area contributed by atoms with Crippen molar-refractivity contribution in [2.24, 2.45) is 0 Å². The van der Waals surface area contributed by atoms with Gasteiger partial charge in [-0.3, -0.25) is 10.2 Å². The van der Waals surface area contributed by atoms with Crippen molar-refractivity contribution in [2.45, 2.75) is 26.2 Å². The first kappa shape index (κ1) is 27.8. The highest BCUT2D eigenvalue weighted by molar-refractivity contribution is 9.10. The maximum Gasteiger partial charge on any atom is 0.324 e. The van der Waals surface area contributed by atoms with E-state index in [9.17, 15) is 4.79 Å². The number of nitrogens with zero attached hydrogens (tertiary/aromatic N) is 5. The number of hydrogen-bond acceptors (Lipinski definition) is 8. The predicted octanol–water partition coefficient (Wildman–Crippen LogP) is 5.34. The summed E-state index contributed by atoms with van der Waals surface area (Å²) in [6, 6.07) is 14.5. The van der Waals surface area contributed by atoms with Gasteiger partial charge in [0.25, 0.3) is 0 Å². The minimum Gasteiger partial charge on any atom is -0.491 e. The quantitative estimate of drug-likeness (QED) is 0.275. The summed E-state index contributed by atoms with van der Waals surface area (Å²) in [5.74, 6) is 1.83. The van der Waals surface area contributed by atoms with Gasteiger partial charge in [0.15, 0.2) is 5.82 Å². The van der Waals surface area contributed by atoms with E-state index in [4.69, 9.17) is 14.0 Å². The molecule has 0 bridgehead atoms. The van der Waals surface area contributed by atoms with Crippen LogP contribution in [0.1, 0.15) is 26.5 Å². The van der Waals surface area contributed by atoms with E-state index in [-0.39, 0.29) is 5.41 Å². The maximum absolute atomic E-state index is 12.4. The Labute approximate surface area is 240 Å². The first-order chi connectivity index (χ1) is 19.2. The molecule has 210 valence electrons. The summed E-state index contributed by atoms with van der Waals surface area (Å²) in [6.07, 6.45) is 1.85. The number of benzene rings is 2. The molecule has 0 atom stereocenters. The monoisotopic (exact) mass is 609 g/mol. The molecular weight excluding hydrogens is 578 g/mol. The number of anilines is 2. The number of halogens is 1. The fourth-order valence-corrected chi connectivity index (χ4v) is 4.55. The molecule has 0 saturated carbocycles. The second-order valence-electron chi connectivity index (χ2n) is 10.4. The average molecular weight is 611 g/mol. The molecule has 0 aliphatic carbocycles. The molecule has 5 rings (SSSR count). The number of aromatic nitrogens is 4. The van der Waals surface area contributed by atoms with Gasteiger partial charge in [0.1, 0.15) is 23.8 Å². The summed E-state index contributed by atoms with van der Waals surface area (Å²) >= 11 is 3.61. The Morgan fingerprint density at radius 2 is 1.85 bits per heavy atom. The zero-order valence-corrected chi connectivity index (χ0v) is 24.3. The number of nitrogens with one attached hydrogen (secondary N) is 2. The van der Waals surface area contributed by atoms with E-state index in [1.54, 1.807) is 22.9 Å². The lowest BCUT2D eigenvalue weighted by molar-refractivity contribution is 0.0322. The van der Waals surface area contributed by atoms with Crippen molar-refractivity contribution < 1.29 is 18.8 Å². The standard InChI is InChI=1S/C28H32BrN7O4/c1-28(2,3)25-17-26(33-40-25)31-27(37)30-20-6-4-19(5-7-20)23-18-36(34-32-23)21-8-9-24(22(29)16-21)39-15-12-35-10-13-38-14-11-35/h4-9,16-18H,10-15H2,1-3H3,(H2,30,31,33,37). The van der Waals surface area contributed by atoms with E-state index in [1.807, 2.05) is 57.3 Å². The van der Waals surface area contributed by atoms with E-state index in [0.29, 0.717) is 29.6 Å². The Hall–Kier alpha value is -3.74. The first-order valence-electron chi connectivity index (χ1n) is 13.1. The van der Waals surface area contributed by atoms with Gasteiger partial charge in [0.2, 0.25) is 0 Å². The predicted molar refractivity (Wildman–Crippen MR) is 155 cm³/mol. The van der Waals surface area contributed by atoms with E-state index in [2.05, 4.69) is 46.9 Å². The smallest absolute Gasteiger partial charge is 0.324 e. The number of morpholine rings is 1. The van der Waals surface area contributed by atoms with Crippen molar-refractivity contribution in [3.8, 4) is 22.7 Å². The highest BCUT2D eigenvalue weighted by atomic mass is 79.9. The lowest BCUT2D eigenvalue weighted by Gasteiger charge is -2.26. The summed E-state index contributed by atoms with van der Waals surface area (Å²) in [6.45, 7) is 10.9. The molecule has 0 radical (unpaired) electrons. The zero-order valence-electron chi connectivity index (χ0n) is 22.7. The van der Waals surface area contributed by atoms with Crippen LogP contribution in [0.15, 0.2) is 63.7 Å². The van der Waals surface area contributed by atoms with Gasteiger partial charge in [-0.25, -0.2) is 9.48 Å². The number of carbonyl (C=O) groups is 1. The van der Waals surface area contributed by atoms with Crippen LogP contribution in [0, 0.1) is 0 Å². The fourth-order valence-electron chi connectivity index (χ4n) is 4.07. The van der Waals surface area contributed by atoms with Gasteiger partial charge in [0.05, 0.1) is 29.6 Å². The van der Waals surface area contributed by atoms with Gasteiger partial charge in [-0.2, -0.15) is 0 Å². The summed E-state index contributed by atoms with van der Waals surface area (Å²) in [5.41, 5.74) is 2.85. The third kappa shape index (κ3) is 7.06. The van der Waals surface area contributed by atoms with Crippen molar-refractivity contribution in [3.05, 3.63) is 65.0 Å². The highest BCUT2D eigenvalue weighted by Gasteiger charge is 2.20. The number of hydrogen-bond donors (Lipinski definition) is 2. The molecule has 40 heavy (non-hydrogen) atoms. The molecule has 3 heterocycles. The minimum atomic E-state index is -0.411. The molecule has 0 unspecified atom stereocenters. The largest absolute Gasteiger partial charge is 0.491 e. The van der Waals surface area contributed by atoms with Gasteiger partial charge < -0.3 is 19.3 Å². The second kappa shape index (κ2) is 12.2. The lowest BCUT2D eigenvalue weighted by atomic mass is 9.93. The van der Waals surface area contributed by atoms with Crippen molar-refractivity contribution >= 4 is 33.5 Å². The molecule has 12 heteroatoms. The summed E-state index contributed by atoms with van der Waals surface area (Å²) in [4.78, 5) is 14.7. The topological polar surface area (TPSA) is 120 Å². The molecule has 2 aromatic carbocycles. The first-order valence-corrected chi connectivity index (χ1v) is 13.8. The number of urea groups is 1. The number of ether oxygens (including phenoxy) is 2. The van der Waals surface area contributed by atoms with Crippen LogP contribution in [-0.2, 0) is 10.2 Å². The van der Waals surface area contributed by atoms with E-state index >= 15 is 0 Å². The zero-order chi connectivity index (χ0) is 28.1. The van der Waals surface area contributed by atoms with E-state index < -0.39 is 6.03 Å². The van der Waals surface area contributed by atoms with E-state index in [1.165, 1.54) is 0 Å².